The molecule has 2 unspecified atom stereocenters. The number of alkyl halides is 1. The number of amides is 1. The van der Waals surface area contributed by atoms with E-state index in [1.54, 1.807) is 18.5 Å². The van der Waals surface area contributed by atoms with Crippen LogP contribution in [0.25, 0.3) is 22.0 Å². The second kappa shape index (κ2) is 5.87. The molecule has 0 aromatic carbocycles. The van der Waals surface area contributed by atoms with Crippen molar-refractivity contribution in [2.45, 2.75) is 19.0 Å². The Morgan fingerprint density at radius 2 is 2.15 bits per heavy atom. The van der Waals surface area contributed by atoms with Crippen LogP contribution in [0.5, 0.6) is 0 Å². The molecule has 1 fully saturated rings. The first-order valence-electron chi connectivity index (χ1n) is 8.82. The van der Waals surface area contributed by atoms with Gasteiger partial charge in [0.15, 0.2) is 0 Å². The molecule has 1 aliphatic heterocycles. The van der Waals surface area contributed by atoms with Gasteiger partial charge < -0.3 is 16.4 Å². The molecular weight excluding hydrogens is 347 g/mol. The lowest BCUT2D eigenvalue weighted by Crippen LogP contribution is -2.15. The molecule has 2 atom stereocenters. The van der Waals surface area contributed by atoms with E-state index < -0.39 is 12.1 Å². The summed E-state index contributed by atoms with van der Waals surface area (Å²) in [4.78, 5) is 25.0. The Hall–Kier alpha value is -3.29. The van der Waals surface area contributed by atoms with Crippen LogP contribution in [-0.4, -0.2) is 33.6 Å². The fourth-order valence-corrected chi connectivity index (χ4v) is 3.49. The number of nitrogens with zero attached hydrogens (tertiary/aromatic N) is 3. The van der Waals surface area contributed by atoms with E-state index in [2.05, 4.69) is 25.6 Å². The molecule has 0 radical (unpaired) electrons. The number of hydrogen-bond acceptors (Lipinski definition) is 6. The standard InChI is InChI=1S/C19H17FN6O/c20-14-5-11(14)19(27)26-17-4-9-3-15(25-18(21)12(9)7-24-17)13-6-22-8-16-10(13)1-2-23-16/h3-4,6-8,11,14,23H,1-2,5H2,(H2,21,25)(H,24,26,27). The van der Waals surface area contributed by atoms with Gasteiger partial charge in [0.2, 0.25) is 5.91 Å². The van der Waals surface area contributed by atoms with Crippen LogP contribution in [0.4, 0.5) is 21.7 Å². The fraction of sp³-hybridized carbons (Fsp3) is 0.263. The summed E-state index contributed by atoms with van der Waals surface area (Å²) in [7, 11) is 0. The molecule has 8 heteroatoms. The van der Waals surface area contributed by atoms with Gasteiger partial charge in [0.1, 0.15) is 17.8 Å². The van der Waals surface area contributed by atoms with Crippen molar-refractivity contribution >= 4 is 34.0 Å². The van der Waals surface area contributed by atoms with Gasteiger partial charge in [0, 0.05) is 29.9 Å². The molecule has 3 aromatic rings. The second-order valence-electron chi connectivity index (χ2n) is 6.92. The summed E-state index contributed by atoms with van der Waals surface area (Å²) in [5, 5.41) is 7.48. The molecule has 0 spiro atoms. The number of carbonyl (C=O) groups excluding carboxylic acids is 1. The zero-order valence-corrected chi connectivity index (χ0v) is 14.4. The summed E-state index contributed by atoms with van der Waals surface area (Å²) >= 11 is 0. The molecule has 4 heterocycles. The van der Waals surface area contributed by atoms with Crippen LogP contribution in [0.15, 0.2) is 30.7 Å². The number of pyridine rings is 3. The summed E-state index contributed by atoms with van der Waals surface area (Å²) < 4.78 is 13.1. The number of hydrogen-bond donors (Lipinski definition) is 3. The summed E-state index contributed by atoms with van der Waals surface area (Å²) in [5.41, 5.74) is 9.99. The third-order valence-corrected chi connectivity index (χ3v) is 5.07. The Balaban J connectivity index is 1.55. The Kier molecular flexibility index (Phi) is 3.46. The van der Waals surface area contributed by atoms with Crippen LogP contribution in [-0.2, 0) is 11.2 Å². The third-order valence-electron chi connectivity index (χ3n) is 5.07. The highest BCUT2D eigenvalue weighted by atomic mass is 19.1. The van der Waals surface area contributed by atoms with Crippen LogP contribution < -0.4 is 16.4 Å². The third kappa shape index (κ3) is 2.73. The lowest BCUT2D eigenvalue weighted by molar-refractivity contribution is -0.117. The first-order valence-corrected chi connectivity index (χ1v) is 8.82. The summed E-state index contributed by atoms with van der Waals surface area (Å²) in [6, 6.07) is 3.65. The summed E-state index contributed by atoms with van der Waals surface area (Å²) in [6.07, 6.45) is 5.31. The SMILES string of the molecule is Nc1nc(-c2cncc3c2CCN3)cc2cc(NC(=O)C3CC3F)ncc12. The number of carbonyl (C=O) groups is 1. The molecule has 4 N–H and O–H groups in total. The van der Waals surface area contributed by atoms with Gasteiger partial charge in [-0.3, -0.25) is 9.78 Å². The number of aromatic nitrogens is 3. The highest BCUT2D eigenvalue weighted by molar-refractivity contribution is 5.98. The summed E-state index contributed by atoms with van der Waals surface area (Å²) in [5.74, 6) is -0.164. The van der Waals surface area contributed by atoms with E-state index >= 15 is 0 Å². The maximum Gasteiger partial charge on any atom is 0.231 e. The van der Waals surface area contributed by atoms with Crippen molar-refractivity contribution in [2.24, 2.45) is 5.92 Å². The number of fused-ring (bicyclic) bond motifs is 2. The molecule has 3 aromatic heterocycles. The molecule has 27 heavy (non-hydrogen) atoms. The van der Waals surface area contributed by atoms with E-state index in [-0.39, 0.29) is 12.3 Å². The molecule has 7 nitrogen and oxygen atoms in total. The Bertz CT molecular complexity index is 1090. The van der Waals surface area contributed by atoms with Crippen molar-refractivity contribution < 1.29 is 9.18 Å². The zero-order chi connectivity index (χ0) is 18.5. The van der Waals surface area contributed by atoms with Gasteiger partial charge in [-0.05, 0) is 35.9 Å². The monoisotopic (exact) mass is 364 g/mol. The van der Waals surface area contributed by atoms with Crippen molar-refractivity contribution in [3.8, 4) is 11.3 Å². The van der Waals surface area contributed by atoms with Gasteiger partial charge in [-0.1, -0.05) is 0 Å². The van der Waals surface area contributed by atoms with Gasteiger partial charge >= 0.3 is 0 Å². The van der Waals surface area contributed by atoms with Crippen molar-refractivity contribution in [3.05, 3.63) is 36.3 Å². The van der Waals surface area contributed by atoms with Crippen molar-refractivity contribution in [1.82, 2.24) is 15.0 Å². The Morgan fingerprint density at radius 3 is 2.96 bits per heavy atom. The minimum Gasteiger partial charge on any atom is -0.383 e. The topological polar surface area (TPSA) is 106 Å². The lowest BCUT2D eigenvalue weighted by Gasteiger charge is -2.11. The van der Waals surface area contributed by atoms with Crippen LogP contribution in [0, 0.1) is 5.92 Å². The van der Waals surface area contributed by atoms with Gasteiger partial charge in [-0.2, -0.15) is 0 Å². The molecule has 2 aliphatic rings. The second-order valence-corrected chi connectivity index (χ2v) is 6.92. The molecule has 1 amide bonds. The van der Waals surface area contributed by atoms with Crippen LogP contribution in [0.1, 0.15) is 12.0 Å². The highest BCUT2D eigenvalue weighted by Gasteiger charge is 2.43. The predicted molar refractivity (Wildman–Crippen MR) is 101 cm³/mol. The van der Waals surface area contributed by atoms with E-state index in [0.717, 1.165) is 35.3 Å². The zero-order valence-electron chi connectivity index (χ0n) is 14.4. The molecule has 0 bridgehead atoms. The maximum atomic E-state index is 13.1. The van der Waals surface area contributed by atoms with Gasteiger partial charge in [0.25, 0.3) is 0 Å². The van der Waals surface area contributed by atoms with Gasteiger partial charge in [-0.25, -0.2) is 14.4 Å². The largest absolute Gasteiger partial charge is 0.383 e. The Morgan fingerprint density at radius 1 is 1.30 bits per heavy atom. The van der Waals surface area contributed by atoms with Gasteiger partial charge in [-0.15, -0.1) is 0 Å². The minimum atomic E-state index is -1.04. The van der Waals surface area contributed by atoms with E-state index in [4.69, 9.17) is 5.73 Å². The average molecular weight is 364 g/mol. The number of anilines is 3. The molecule has 0 saturated heterocycles. The van der Waals surface area contributed by atoms with E-state index in [1.165, 1.54) is 5.56 Å². The van der Waals surface area contributed by atoms with Gasteiger partial charge in [0.05, 0.1) is 23.5 Å². The number of halogens is 1. The molecule has 1 aliphatic carbocycles. The number of nitrogens with two attached hydrogens (primary N) is 1. The first-order chi connectivity index (χ1) is 13.1. The molecular formula is C19H17FN6O. The van der Waals surface area contributed by atoms with Crippen LogP contribution >= 0.6 is 0 Å². The smallest absolute Gasteiger partial charge is 0.231 e. The molecule has 5 rings (SSSR count). The number of rotatable bonds is 3. The number of nitrogen functional groups attached to an aromatic ring is 1. The molecule has 136 valence electrons. The predicted octanol–water partition coefficient (Wildman–Crippen LogP) is 2.54. The van der Waals surface area contributed by atoms with Crippen molar-refractivity contribution in [3.63, 3.8) is 0 Å². The average Bonchev–Trinajstić information content (AvgIpc) is 3.20. The number of nitrogens with one attached hydrogen (secondary N) is 2. The first kappa shape index (κ1) is 15.9. The lowest BCUT2D eigenvalue weighted by atomic mass is 10.0. The molecule has 1 saturated carbocycles. The van der Waals surface area contributed by atoms with Crippen molar-refractivity contribution in [1.29, 1.82) is 0 Å². The van der Waals surface area contributed by atoms with Crippen LogP contribution in [0.3, 0.4) is 0 Å². The van der Waals surface area contributed by atoms with E-state index in [9.17, 15) is 9.18 Å². The normalized spacial score (nSPS) is 20.2. The quantitative estimate of drug-likeness (QED) is 0.659. The summed E-state index contributed by atoms with van der Waals surface area (Å²) in [6.45, 7) is 0.869. The minimum absolute atomic E-state index is 0.278. The highest BCUT2D eigenvalue weighted by Crippen LogP contribution is 2.36. The van der Waals surface area contributed by atoms with Crippen LogP contribution in [0.2, 0.25) is 0 Å². The van der Waals surface area contributed by atoms with E-state index in [1.807, 2.05) is 12.3 Å². The fourth-order valence-electron chi connectivity index (χ4n) is 3.49. The van der Waals surface area contributed by atoms with E-state index in [0.29, 0.717) is 17.0 Å². The Labute approximate surface area is 154 Å². The maximum absolute atomic E-state index is 13.1. The van der Waals surface area contributed by atoms with Crippen molar-refractivity contribution in [2.75, 3.05) is 22.9 Å².